The zero-order valence-electron chi connectivity index (χ0n) is 11.8. The Kier molecular flexibility index (Phi) is 7.24. The molecule has 0 fully saturated rings. The van der Waals surface area contributed by atoms with Gasteiger partial charge in [-0.25, -0.2) is 0 Å². The summed E-state index contributed by atoms with van der Waals surface area (Å²) in [7, 11) is -1.79. The standard InChI is InChI=1S/C12H25IO3Si/c1-7-15-11(14)8-10(9-13)16-17(5,6)12(2,3)4/h10H,7-9H2,1-6H3. The molecule has 0 rings (SSSR count). The van der Waals surface area contributed by atoms with Gasteiger partial charge in [0.1, 0.15) is 0 Å². The lowest BCUT2D eigenvalue weighted by Gasteiger charge is -2.38. The van der Waals surface area contributed by atoms with Crippen LogP contribution in [0.4, 0.5) is 0 Å². The molecule has 1 unspecified atom stereocenters. The number of rotatable bonds is 6. The van der Waals surface area contributed by atoms with E-state index in [-0.39, 0.29) is 17.1 Å². The summed E-state index contributed by atoms with van der Waals surface area (Å²) in [6.07, 6.45) is 0.346. The van der Waals surface area contributed by atoms with Gasteiger partial charge in [0.2, 0.25) is 0 Å². The van der Waals surface area contributed by atoms with Crippen LogP contribution in [0.25, 0.3) is 0 Å². The first-order valence-electron chi connectivity index (χ1n) is 6.03. The lowest BCUT2D eigenvalue weighted by molar-refractivity contribution is -0.144. The number of halogens is 1. The smallest absolute Gasteiger partial charge is 0.308 e. The van der Waals surface area contributed by atoms with Crippen molar-refractivity contribution < 1.29 is 14.0 Å². The summed E-state index contributed by atoms with van der Waals surface area (Å²) in [6, 6.07) is 0. The first-order valence-corrected chi connectivity index (χ1v) is 10.5. The molecule has 0 aromatic rings. The predicted octanol–water partition coefficient (Wildman–Crippen LogP) is 3.77. The van der Waals surface area contributed by atoms with Gasteiger partial charge >= 0.3 is 5.97 Å². The number of esters is 1. The average molecular weight is 372 g/mol. The van der Waals surface area contributed by atoms with Crippen LogP contribution in [-0.4, -0.2) is 31.4 Å². The van der Waals surface area contributed by atoms with Gasteiger partial charge in [-0.2, -0.15) is 0 Å². The summed E-state index contributed by atoms with van der Waals surface area (Å²) in [4.78, 5) is 11.5. The van der Waals surface area contributed by atoms with Gasteiger partial charge in [0, 0.05) is 4.43 Å². The van der Waals surface area contributed by atoms with Gasteiger partial charge in [0.15, 0.2) is 8.32 Å². The lowest BCUT2D eigenvalue weighted by atomic mass is 10.2. The summed E-state index contributed by atoms with van der Waals surface area (Å²) in [5, 5.41) is 0.172. The molecular weight excluding hydrogens is 347 g/mol. The molecule has 5 heteroatoms. The van der Waals surface area contributed by atoms with Gasteiger partial charge in [0.25, 0.3) is 0 Å². The topological polar surface area (TPSA) is 35.5 Å². The van der Waals surface area contributed by atoms with Gasteiger partial charge in [-0.3, -0.25) is 4.79 Å². The van der Waals surface area contributed by atoms with Crippen LogP contribution in [0, 0.1) is 0 Å². The molecule has 0 N–H and O–H groups in total. The van der Waals surface area contributed by atoms with E-state index in [2.05, 4.69) is 56.5 Å². The third-order valence-corrected chi connectivity index (χ3v) is 8.66. The Morgan fingerprint density at radius 3 is 2.24 bits per heavy atom. The second-order valence-corrected chi connectivity index (χ2v) is 11.3. The second-order valence-electron chi connectivity index (χ2n) is 5.66. The zero-order chi connectivity index (χ0) is 13.7. The van der Waals surface area contributed by atoms with E-state index < -0.39 is 8.32 Å². The lowest BCUT2D eigenvalue weighted by Crippen LogP contribution is -2.45. The molecule has 0 aliphatic carbocycles. The molecule has 3 nitrogen and oxygen atoms in total. The summed E-state index contributed by atoms with van der Waals surface area (Å²) in [5.74, 6) is -0.159. The van der Waals surface area contributed by atoms with Crippen molar-refractivity contribution in [2.45, 2.75) is 58.4 Å². The highest BCUT2D eigenvalue weighted by atomic mass is 127. The van der Waals surface area contributed by atoms with E-state index in [1.807, 2.05) is 6.92 Å². The maximum absolute atomic E-state index is 11.5. The molecule has 1 atom stereocenters. The first-order chi connectivity index (χ1) is 7.64. The van der Waals surface area contributed by atoms with E-state index in [0.29, 0.717) is 13.0 Å². The van der Waals surface area contributed by atoms with Gasteiger partial charge in [0.05, 0.1) is 19.1 Å². The van der Waals surface area contributed by atoms with E-state index in [1.54, 1.807) is 0 Å². The second kappa shape index (κ2) is 7.09. The van der Waals surface area contributed by atoms with E-state index in [9.17, 15) is 4.79 Å². The fraction of sp³-hybridized carbons (Fsp3) is 0.917. The molecule has 0 radical (unpaired) electrons. The molecule has 0 heterocycles. The van der Waals surface area contributed by atoms with Crippen LogP contribution < -0.4 is 0 Å². The Labute approximate surface area is 120 Å². The molecule has 0 saturated heterocycles. The number of alkyl halides is 1. The fourth-order valence-electron chi connectivity index (χ4n) is 1.13. The Morgan fingerprint density at radius 1 is 1.35 bits per heavy atom. The SMILES string of the molecule is CCOC(=O)CC(CI)O[Si](C)(C)C(C)(C)C. The Balaban J connectivity index is 4.45. The minimum absolute atomic E-state index is 0.0180. The Morgan fingerprint density at radius 2 is 1.88 bits per heavy atom. The summed E-state index contributed by atoms with van der Waals surface area (Å²) in [6.45, 7) is 13.3. The zero-order valence-corrected chi connectivity index (χ0v) is 15.0. The number of carbonyl (C=O) groups excluding carboxylic acids is 1. The van der Waals surface area contributed by atoms with Crippen molar-refractivity contribution in [3.8, 4) is 0 Å². The highest BCUT2D eigenvalue weighted by Gasteiger charge is 2.39. The third kappa shape index (κ3) is 6.19. The van der Waals surface area contributed by atoms with Crippen LogP contribution in [0.1, 0.15) is 34.1 Å². The molecule has 0 aromatic carbocycles. The first kappa shape index (κ1) is 17.4. The van der Waals surface area contributed by atoms with Crippen molar-refractivity contribution in [1.82, 2.24) is 0 Å². The molecular formula is C12H25IO3Si. The highest BCUT2D eigenvalue weighted by Crippen LogP contribution is 2.37. The number of carbonyl (C=O) groups is 1. The minimum atomic E-state index is -1.79. The number of hydrogen-bond donors (Lipinski definition) is 0. The number of ether oxygens (including phenoxy) is 1. The van der Waals surface area contributed by atoms with E-state index in [1.165, 1.54) is 0 Å². The van der Waals surface area contributed by atoms with Crippen LogP contribution in [-0.2, 0) is 14.0 Å². The van der Waals surface area contributed by atoms with Gasteiger partial charge < -0.3 is 9.16 Å². The summed E-state index contributed by atoms with van der Waals surface area (Å²) < 4.78 is 12.0. The summed E-state index contributed by atoms with van der Waals surface area (Å²) in [5.41, 5.74) is 0. The van der Waals surface area contributed by atoms with Crippen LogP contribution in [0.15, 0.2) is 0 Å². The quantitative estimate of drug-likeness (QED) is 0.308. The summed E-state index contributed by atoms with van der Waals surface area (Å²) >= 11 is 2.27. The largest absolute Gasteiger partial charge is 0.466 e. The Hall–Kier alpha value is 0.377. The van der Waals surface area contributed by atoms with Crippen LogP contribution >= 0.6 is 22.6 Å². The molecule has 0 saturated carbocycles. The highest BCUT2D eigenvalue weighted by molar-refractivity contribution is 14.1. The van der Waals surface area contributed by atoms with Crippen molar-refractivity contribution in [2.75, 3.05) is 11.0 Å². The van der Waals surface area contributed by atoms with Crippen molar-refractivity contribution in [2.24, 2.45) is 0 Å². The molecule has 17 heavy (non-hydrogen) atoms. The molecule has 0 spiro atoms. The van der Waals surface area contributed by atoms with E-state index >= 15 is 0 Å². The fourth-order valence-corrected chi connectivity index (χ4v) is 3.31. The Bertz CT molecular complexity index is 249. The third-order valence-electron chi connectivity index (χ3n) is 3.14. The van der Waals surface area contributed by atoms with Crippen molar-refractivity contribution in [1.29, 1.82) is 0 Å². The maximum atomic E-state index is 11.5. The van der Waals surface area contributed by atoms with Gasteiger partial charge in [-0.1, -0.05) is 43.4 Å². The van der Waals surface area contributed by atoms with Crippen molar-refractivity contribution >= 4 is 36.9 Å². The van der Waals surface area contributed by atoms with Gasteiger partial charge in [-0.05, 0) is 25.1 Å². The average Bonchev–Trinajstić information content (AvgIpc) is 2.14. The van der Waals surface area contributed by atoms with Crippen LogP contribution in [0.3, 0.4) is 0 Å². The predicted molar refractivity (Wildman–Crippen MR) is 82.2 cm³/mol. The van der Waals surface area contributed by atoms with Crippen LogP contribution in [0.2, 0.25) is 18.1 Å². The number of hydrogen-bond acceptors (Lipinski definition) is 3. The van der Waals surface area contributed by atoms with Crippen molar-refractivity contribution in [3.05, 3.63) is 0 Å². The molecule has 0 bridgehead atoms. The molecule has 0 aromatic heterocycles. The van der Waals surface area contributed by atoms with Crippen molar-refractivity contribution in [3.63, 3.8) is 0 Å². The molecule has 102 valence electrons. The molecule has 0 aliphatic rings. The maximum Gasteiger partial charge on any atom is 0.308 e. The molecule has 0 amide bonds. The minimum Gasteiger partial charge on any atom is -0.466 e. The monoisotopic (exact) mass is 372 g/mol. The normalized spacial score (nSPS) is 14.5. The van der Waals surface area contributed by atoms with E-state index in [4.69, 9.17) is 9.16 Å². The van der Waals surface area contributed by atoms with Gasteiger partial charge in [-0.15, -0.1) is 0 Å². The van der Waals surface area contributed by atoms with E-state index in [0.717, 1.165) is 4.43 Å². The van der Waals surface area contributed by atoms with Crippen LogP contribution in [0.5, 0.6) is 0 Å². The molecule has 0 aliphatic heterocycles.